The van der Waals surface area contributed by atoms with Crippen LogP contribution in [0.15, 0.2) is 24.3 Å². The topological polar surface area (TPSA) is 45.0 Å². The molecule has 0 radical (unpaired) electrons. The van der Waals surface area contributed by atoms with Crippen molar-refractivity contribution in [1.29, 1.82) is 5.26 Å². The number of hydrogen-bond acceptors (Lipinski definition) is 3. The second kappa shape index (κ2) is 4.86. The average molecular weight is 256 g/mol. The quantitative estimate of drug-likeness (QED) is 0.900. The molecule has 2 saturated carbocycles. The lowest BCUT2D eigenvalue weighted by Crippen LogP contribution is -2.43. The Balaban J connectivity index is 1.63. The average Bonchev–Trinajstić information content (AvgIpc) is 3.11. The molecule has 1 N–H and O–H groups in total. The summed E-state index contributed by atoms with van der Waals surface area (Å²) in [5, 5.41) is 13.0. The number of nitriles is 1. The molecule has 3 nitrogen and oxygen atoms in total. The maximum atomic E-state index is 9.45. The van der Waals surface area contributed by atoms with Gasteiger partial charge in [-0.1, -0.05) is 12.1 Å². The molecule has 2 aliphatic carbocycles. The summed E-state index contributed by atoms with van der Waals surface area (Å²) in [5.74, 6) is 0.921. The molecule has 2 atom stereocenters. The first-order valence-corrected chi connectivity index (χ1v) is 7.11. The van der Waals surface area contributed by atoms with Gasteiger partial charge in [0.2, 0.25) is 0 Å². The van der Waals surface area contributed by atoms with Crippen molar-refractivity contribution in [2.24, 2.45) is 0 Å². The van der Waals surface area contributed by atoms with Crippen LogP contribution in [-0.4, -0.2) is 17.7 Å². The van der Waals surface area contributed by atoms with Gasteiger partial charge in [0, 0.05) is 12.5 Å². The summed E-state index contributed by atoms with van der Waals surface area (Å²) in [6, 6.07) is 11.2. The van der Waals surface area contributed by atoms with Gasteiger partial charge in [-0.2, -0.15) is 5.26 Å². The minimum absolute atomic E-state index is 0.160. The Morgan fingerprint density at radius 3 is 2.89 bits per heavy atom. The molecule has 2 unspecified atom stereocenters. The maximum absolute atomic E-state index is 9.45. The van der Waals surface area contributed by atoms with E-state index in [0.717, 1.165) is 25.0 Å². The molecule has 0 aliphatic heterocycles. The van der Waals surface area contributed by atoms with Gasteiger partial charge in [0.15, 0.2) is 0 Å². The van der Waals surface area contributed by atoms with Gasteiger partial charge >= 0.3 is 0 Å². The van der Waals surface area contributed by atoms with Gasteiger partial charge in [-0.15, -0.1) is 0 Å². The molecular formula is C16H20N2O. The number of aryl methyl sites for hydroxylation is 1. The highest BCUT2D eigenvalue weighted by molar-refractivity contribution is 5.28. The van der Waals surface area contributed by atoms with Gasteiger partial charge in [0.1, 0.15) is 17.4 Å². The first-order valence-electron chi connectivity index (χ1n) is 7.11. The molecule has 2 aliphatic rings. The minimum atomic E-state index is -0.352. The summed E-state index contributed by atoms with van der Waals surface area (Å²) in [4.78, 5) is 0. The van der Waals surface area contributed by atoms with Crippen molar-refractivity contribution >= 4 is 0 Å². The number of benzene rings is 1. The van der Waals surface area contributed by atoms with Crippen molar-refractivity contribution in [3.8, 4) is 11.8 Å². The van der Waals surface area contributed by atoms with E-state index >= 15 is 0 Å². The standard InChI is InChI=1S/C16H20N2O/c1-12-3-2-4-14(9-12)19-15-7-8-16(10-15,11-17)18-13-5-6-13/h2-4,9,13,15,18H,5-8,10H2,1H3. The molecule has 0 saturated heterocycles. The third-order valence-electron chi connectivity index (χ3n) is 4.03. The van der Waals surface area contributed by atoms with Crippen molar-refractivity contribution in [3.63, 3.8) is 0 Å². The molecule has 0 heterocycles. The van der Waals surface area contributed by atoms with Crippen LogP contribution in [-0.2, 0) is 0 Å². The summed E-state index contributed by atoms with van der Waals surface area (Å²) in [7, 11) is 0. The largest absolute Gasteiger partial charge is 0.490 e. The molecule has 1 aromatic carbocycles. The van der Waals surface area contributed by atoms with Crippen molar-refractivity contribution in [3.05, 3.63) is 29.8 Å². The van der Waals surface area contributed by atoms with E-state index in [0.29, 0.717) is 6.04 Å². The van der Waals surface area contributed by atoms with Crippen LogP contribution in [0.25, 0.3) is 0 Å². The lowest BCUT2D eigenvalue weighted by molar-refractivity contribution is 0.200. The van der Waals surface area contributed by atoms with Crippen LogP contribution in [0.4, 0.5) is 0 Å². The molecule has 3 rings (SSSR count). The molecule has 0 aromatic heterocycles. The fourth-order valence-electron chi connectivity index (χ4n) is 2.87. The molecule has 2 fully saturated rings. The second-order valence-electron chi connectivity index (χ2n) is 5.91. The summed E-state index contributed by atoms with van der Waals surface area (Å²) >= 11 is 0. The number of nitrogens with one attached hydrogen (secondary N) is 1. The molecular weight excluding hydrogens is 236 g/mol. The number of rotatable bonds is 4. The van der Waals surface area contributed by atoms with Crippen LogP contribution < -0.4 is 10.1 Å². The SMILES string of the molecule is Cc1cccc(OC2CCC(C#N)(NC3CC3)C2)c1. The lowest BCUT2D eigenvalue weighted by Gasteiger charge is -2.22. The van der Waals surface area contributed by atoms with Gasteiger partial charge < -0.3 is 4.74 Å². The number of hydrogen-bond donors (Lipinski definition) is 1. The first-order chi connectivity index (χ1) is 9.19. The van der Waals surface area contributed by atoms with Gasteiger partial charge in [0.25, 0.3) is 0 Å². The number of ether oxygens (including phenoxy) is 1. The van der Waals surface area contributed by atoms with E-state index in [1.807, 2.05) is 12.1 Å². The second-order valence-corrected chi connectivity index (χ2v) is 5.91. The van der Waals surface area contributed by atoms with Crippen LogP contribution in [0.1, 0.15) is 37.7 Å². The lowest BCUT2D eigenvalue weighted by atomic mass is 9.99. The Kier molecular flexibility index (Phi) is 3.20. The molecule has 100 valence electrons. The van der Waals surface area contributed by atoms with Crippen LogP contribution in [0, 0.1) is 18.3 Å². The van der Waals surface area contributed by atoms with E-state index in [1.165, 1.54) is 18.4 Å². The predicted octanol–water partition coefficient (Wildman–Crippen LogP) is 2.94. The summed E-state index contributed by atoms with van der Waals surface area (Å²) < 4.78 is 6.02. The predicted molar refractivity (Wildman–Crippen MR) is 73.9 cm³/mol. The van der Waals surface area contributed by atoms with Crippen molar-refractivity contribution in [1.82, 2.24) is 5.32 Å². The van der Waals surface area contributed by atoms with Crippen molar-refractivity contribution in [2.75, 3.05) is 0 Å². The summed E-state index contributed by atoms with van der Waals surface area (Å²) in [6.45, 7) is 2.07. The fraction of sp³-hybridized carbons (Fsp3) is 0.562. The molecule has 0 amide bonds. The molecule has 0 spiro atoms. The summed E-state index contributed by atoms with van der Waals surface area (Å²) in [5.41, 5.74) is 0.855. The highest BCUT2D eigenvalue weighted by Gasteiger charge is 2.43. The smallest absolute Gasteiger partial charge is 0.119 e. The van der Waals surface area contributed by atoms with E-state index < -0.39 is 0 Å². The fourth-order valence-corrected chi connectivity index (χ4v) is 2.87. The maximum Gasteiger partial charge on any atom is 0.119 e. The highest BCUT2D eigenvalue weighted by atomic mass is 16.5. The van der Waals surface area contributed by atoms with Gasteiger partial charge in [-0.25, -0.2) is 0 Å². The van der Waals surface area contributed by atoms with E-state index in [2.05, 4.69) is 30.4 Å². The van der Waals surface area contributed by atoms with Crippen LogP contribution >= 0.6 is 0 Å². The van der Waals surface area contributed by atoms with Gasteiger partial charge in [-0.05, 0) is 50.3 Å². The van der Waals surface area contributed by atoms with E-state index in [1.54, 1.807) is 0 Å². The molecule has 1 aromatic rings. The third-order valence-corrected chi connectivity index (χ3v) is 4.03. The zero-order valence-corrected chi connectivity index (χ0v) is 11.4. The Morgan fingerprint density at radius 1 is 1.37 bits per heavy atom. The Morgan fingerprint density at radius 2 is 2.21 bits per heavy atom. The molecule has 3 heteroatoms. The van der Waals surface area contributed by atoms with Crippen LogP contribution in [0.2, 0.25) is 0 Å². The number of nitrogens with zero attached hydrogens (tertiary/aromatic N) is 1. The molecule has 0 bridgehead atoms. The van der Waals surface area contributed by atoms with Gasteiger partial charge in [0.05, 0.1) is 6.07 Å². The van der Waals surface area contributed by atoms with E-state index in [9.17, 15) is 5.26 Å². The summed E-state index contributed by atoms with van der Waals surface area (Å²) in [6.07, 6.45) is 5.25. The monoisotopic (exact) mass is 256 g/mol. The minimum Gasteiger partial charge on any atom is -0.490 e. The van der Waals surface area contributed by atoms with Gasteiger partial charge in [-0.3, -0.25) is 5.32 Å². The zero-order valence-electron chi connectivity index (χ0n) is 11.4. The van der Waals surface area contributed by atoms with Crippen LogP contribution in [0.5, 0.6) is 5.75 Å². The Labute approximate surface area is 114 Å². The Bertz CT molecular complexity index is 504. The third kappa shape index (κ3) is 2.90. The van der Waals surface area contributed by atoms with Crippen molar-refractivity contribution < 1.29 is 4.74 Å². The van der Waals surface area contributed by atoms with E-state index in [4.69, 9.17) is 4.74 Å². The highest BCUT2D eigenvalue weighted by Crippen LogP contribution is 2.35. The normalized spacial score (nSPS) is 30.0. The van der Waals surface area contributed by atoms with E-state index in [-0.39, 0.29) is 11.6 Å². The van der Waals surface area contributed by atoms with Crippen molar-refractivity contribution in [2.45, 2.75) is 56.7 Å². The Hall–Kier alpha value is -1.53. The molecule has 19 heavy (non-hydrogen) atoms. The van der Waals surface area contributed by atoms with Crippen LogP contribution in [0.3, 0.4) is 0 Å². The zero-order chi connectivity index (χ0) is 13.3. The first kappa shape index (κ1) is 12.5.